The van der Waals surface area contributed by atoms with Gasteiger partial charge in [0.1, 0.15) is 0 Å². The van der Waals surface area contributed by atoms with Crippen molar-refractivity contribution in [3.63, 3.8) is 0 Å². The molecule has 0 spiro atoms. The Morgan fingerprint density at radius 3 is 1.12 bits per heavy atom. The fourth-order valence-electron chi connectivity index (χ4n) is 8.52. The number of esters is 4. The van der Waals surface area contributed by atoms with E-state index >= 15 is 0 Å². The van der Waals surface area contributed by atoms with Crippen LogP contribution in [0.2, 0.25) is 0 Å². The molecule has 69 heavy (non-hydrogen) atoms. The quantitative estimate of drug-likeness (QED) is 0.0584. The topological polar surface area (TPSA) is 163 Å². The first kappa shape index (κ1) is 46.0. The lowest BCUT2D eigenvalue weighted by Gasteiger charge is -2.09. The molecule has 0 aliphatic heterocycles. The number of nitrogens with one attached hydrogen (secondary N) is 2. The van der Waals surface area contributed by atoms with Gasteiger partial charge in [-0.25, -0.2) is 29.1 Å². The summed E-state index contributed by atoms with van der Waals surface area (Å²) in [5, 5.41) is 1.68. The molecule has 3 aromatic carbocycles. The summed E-state index contributed by atoms with van der Waals surface area (Å²) in [6.45, 7) is 10.7. The second kappa shape index (κ2) is 19.6. The number of ether oxygens (including phenoxy) is 4. The van der Waals surface area contributed by atoms with Crippen LogP contribution in [0.25, 0.3) is 97.7 Å². The van der Waals surface area contributed by atoms with Crippen molar-refractivity contribution in [2.75, 3.05) is 26.4 Å². The van der Waals surface area contributed by atoms with E-state index in [1.165, 1.54) is 0 Å². The fraction of sp³-hybridized carbons (Fsp3) is 0.179. The first-order chi connectivity index (χ1) is 33.5. The minimum Gasteiger partial charge on any atom is -0.462 e. The monoisotopic (exact) mass is 936 g/mol. The molecule has 346 valence electrons. The lowest BCUT2D eigenvalue weighted by Crippen LogP contribution is -2.26. The van der Waals surface area contributed by atoms with Crippen LogP contribution in [0.1, 0.15) is 38.8 Å². The highest BCUT2D eigenvalue weighted by Crippen LogP contribution is 2.38. The van der Waals surface area contributed by atoms with Crippen LogP contribution in [0.4, 0.5) is 0 Å². The Morgan fingerprint density at radius 1 is 0.435 bits per heavy atom. The molecule has 10 bridgehead atoms. The molecule has 9 aromatic rings. The second-order valence-corrected chi connectivity index (χ2v) is 17.3. The summed E-state index contributed by atoms with van der Waals surface area (Å²) < 4.78 is 24.0. The van der Waals surface area contributed by atoms with Crippen molar-refractivity contribution in [2.24, 2.45) is 0 Å². The normalized spacial score (nSPS) is 11.2. The summed E-state index contributed by atoms with van der Waals surface area (Å²) in [6, 6.07) is 39.1. The van der Waals surface area contributed by atoms with Crippen molar-refractivity contribution in [2.45, 2.75) is 41.5 Å². The van der Waals surface area contributed by atoms with E-state index < -0.39 is 23.9 Å². The zero-order valence-corrected chi connectivity index (χ0v) is 39.8. The average Bonchev–Trinajstić information content (AvgIpc) is 4.14. The SMILES string of the molecule is CCOC(=O)C(C(=O)OCC)=c1c2ccc3ccc4ccc(nc4c3n2)c(=C(C(=O)OCC)C(=O)OCC)c2ccc([nH]2)c(-c2ccc(C)cc2)c2ccc(s2)c(-c2ccc(C)cc2)c2ccc1[nH]2. The molecule has 6 heterocycles. The Hall–Kier alpha value is -8.16. The molecule has 0 fully saturated rings. The number of hydrogen-bond donors (Lipinski definition) is 2. The van der Waals surface area contributed by atoms with Gasteiger partial charge in [-0.2, -0.15) is 0 Å². The van der Waals surface area contributed by atoms with Gasteiger partial charge in [0.05, 0.1) is 48.5 Å². The van der Waals surface area contributed by atoms with Gasteiger partial charge >= 0.3 is 23.9 Å². The molecule has 0 saturated carbocycles. The summed E-state index contributed by atoms with van der Waals surface area (Å²) in [6.07, 6.45) is 0. The van der Waals surface area contributed by atoms with E-state index in [9.17, 15) is 19.2 Å². The first-order valence-electron chi connectivity index (χ1n) is 22.8. The van der Waals surface area contributed by atoms with Gasteiger partial charge in [-0.15, -0.1) is 11.3 Å². The Morgan fingerprint density at radius 2 is 0.768 bits per heavy atom. The summed E-state index contributed by atoms with van der Waals surface area (Å²) in [5.41, 5.74) is 8.63. The van der Waals surface area contributed by atoms with Crippen LogP contribution >= 0.6 is 11.3 Å². The van der Waals surface area contributed by atoms with Crippen molar-refractivity contribution < 1.29 is 38.1 Å². The Labute approximate surface area is 400 Å². The van der Waals surface area contributed by atoms with Crippen molar-refractivity contribution in [1.82, 2.24) is 19.9 Å². The molecule has 0 amide bonds. The van der Waals surface area contributed by atoms with Gasteiger partial charge in [-0.3, -0.25) is 0 Å². The number of aromatic nitrogens is 4. The van der Waals surface area contributed by atoms with E-state index in [4.69, 9.17) is 28.9 Å². The Bertz CT molecular complexity index is 3490. The molecule has 0 aliphatic carbocycles. The Balaban J connectivity index is 1.60. The van der Waals surface area contributed by atoms with Gasteiger partial charge in [0, 0.05) is 63.8 Å². The highest BCUT2D eigenvalue weighted by Gasteiger charge is 2.26. The summed E-state index contributed by atoms with van der Waals surface area (Å²) in [7, 11) is 0. The van der Waals surface area contributed by atoms with Crippen LogP contribution in [0.3, 0.4) is 0 Å². The lowest BCUT2D eigenvalue weighted by molar-refractivity contribution is -0.144. The number of fused-ring (bicyclic) bond motifs is 8. The average molecular weight is 937 g/mol. The maximum absolute atomic E-state index is 14.1. The number of nitrogens with zero attached hydrogens (tertiary/aromatic N) is 2. The van der Waals surface area contributed by atoms with Crippen molar-refractivity contribution in [3.05, 3.63) is 143 Å². The van der Waals surface area contributed by atoms with E-state index in [2.05, 4.69) is 70.6 Å². The number of aromatic amines is 2. The highest BCUT2D eigenvalue weighted by atomic mass is 32.1. The lowest BCUT2D eigenvalue weighted by atomic mass is 10.0. The standard InChI is InChI=1S/C56H48N4O8S/c1-7-65-53(61)49(54(62)66-8-2)47-39-27-25-37(57-39)45(33-15-11-31(5)12-16-33)43-29-30-44(69-43)46(34-17-13-32(6)14-18-34)38-26-28-40(58-38)48(50(55(63)67-9-3)56(64)68-10-4)42-24-22-36-20-19-35-21-23-41(47)59-51(35)52(36)60-42/h11-30,57-58H,7-10H2,1-6H3. The number of carbonyl (C=O) groups is 4. The number of hydrogen-bond acceptors (Lipinski definition) is 11. The molecular formula is C56H48N4O8S. The zero-order valence-electron chi connectivity index (χ0n) is 38.9. The molecule has 0 radical (unpaired) electrons. The smallest absolute Gasteiger partial charge is 0.346 e. The number of carbonyl (C=O) groups excluding carboxylic acids is 4. The number of rotatable bonds is 10. The molecular weight excluding hydrogens is 889 g/mol. The van der Waals surface area contributed by atoms with Crippen LogP contribution in [-0.4, -0.2) is 70.2 Å². The minimum absolute atomic E-state index is 0.00123. The number of H-pyrrole nitrogens is 2. The number of aryl methyl sites for hydroxylation is 2. The number of benzene rings is 3. The third kappa shape index (κ3) is 8.92. The molecule has 13 heteroatoms. The summed E-state index contributed by atoms with van der Waals surface area (Å²) in [5.74, 6) is -3.52. The van der Waals surface area contributed by atoms with Gasteiger partial charge in [-0.1, -0.05) is 83.9 Å². The summed E-state index contributed by atoms with van der Waals surface area (Å²) >= 11 is 1.57. The minimum atomic E-state index is -0.879. The van der Waals surface area contributed by atoms with E-state index in [0.29, 0.717) is 43.9 Å². The molecule has 0 aliphatic rings. The number of pyridine rings is 2. The zero-order chi connectivity index (χ0) is 48.3. The molecule has 12 nitrogen and oxygen atoms in total. The maximum atomic E-state index is 14.1. The van der Waals surface area contributed by atoms with E-state index in [-0.39, 0.29) is 59.0 Å². The highest BCUT2D eigenvalue weighted by molar-refractivity contribution is 7.24. The molecule has 0 unspecified atom stereocenters. The predicted octanol–water partition coefficient (Wildman–Crippen LogP) is 10.3. The second-order valence-electron chi connectivity index (χ2n) is 16.2. The molecule has 6 aromatic heterocycles. The van der Waals surface area contributed by atoms with Crippen molar-refractivity contribution >= 4 is 111 Å². The van der Waals surface area contributed by atoms with Crippen LogP contribution in [-0.2, 0) is 38.1 Å². The van der Waals surface area contributed by atoms with Gasteiger partial charge in [0.15, 0.2) is 11.1 Å². The third-order valence-electron chi connectivity index (χ3n) is 11.7. The van der Waals surface area contributed by atoms with Gasteiger partial charge in [0.2, 0.25) is 0 Å². The van der Waals surface area contributed by atoms with E-state index in [0.717, 1.165) is 42.8 Å². The molecule has 9 rings (SSSR count). The Kier molecular flexibility index (Phi) is 13.1. The fourth-order valence-corrected chi connectivity index (χ4v) is 9.69. The van der Waals surface area contributed by atoms with Gasteiger partial charge < -0.3 is 28.9 Å². The summed E-state index contributed by atoms with van der Waals surface area (Å²) in [4.78, 5) is 74.0. The van der Waals surface area contributed by atoms with Crippen LogP contribution < -0.4 is 10.4 Å². The maximum Gasteiger partial charge on any atom is 0.346 e. The van der Waals surface area contributed by atoms with Crippen LogP contribution in [0.15, 0.2) is 121 Å². The van der Waals surface area contributed by atoms with Crippen LogP contribution in [0.5, 0.6) is 0 Å². The molecule has 0 saturated heterocycles. The van der Waals surface area contributed by atoms with Crippen LogP contribution in [0, 0.1) is 13.8 Å². The molecule has 2 N–H and O–H groups in total. The molecule has 0 atom stereocenters. The predicted molar refractivity (Wildman–Crippen MR) is 273 cm³/mol. The largest absolute Gasteiger partial charge is 0.462 e. The third-order valence-corrected chi connectivity index (χ3v) is 12.8. The van der Waals surface area contributed by atoms with E-state index in [1.54, 1.807) is 51.2 Å². The van der Waals surface area contributed by atoms with Gasteiger partial charge in [0.25, 0.3) is 0 Å². The van der Waals surface area contributed by atoms with Crippen molar-refractivity contribution in [3.8, 4) is 22.3 Å². The van der Waals surface area contributed by atoms with E-state index in [1.807, 2.05) is 62.4 Å². The number of thiophene rings is 1. The van der Waals surface area contributed by atoms with Crippen molar-refractivity contribution in [1.29, 1.82) is 0 Å². The van der Waals surface area contributed by atoms with Gasteiger partial charge in [-0.05, 0) is 101 Å². The first-order valence-corrected chi connectivity index (χ1v) is 23.6.